The molecule has 0 unspecified atom stereocenters. The van der Waals surface area contributed by atoms with Crippen molar-refractivity contribution in [3.05, 3.63) is 35.9 Å². The van der Waals surface area contributed by atoms with Gasteiger partial charge in [0, 0.05) is 6.42 Å². The van der Waals surface area contributed by atoms with E-state index in [1.54, 1.807) is 0 Å². The highest BCUT2D eigenvalue weighted by Gasteiger charge is 2.05. The molecule has 0 aliphatic carbocycles. The Morgan fingerprint density at radius 3 is 2.44 bits per heavy atom. The summed E-state index contributed by atoms with van der Waals surface area (Å²) in [6, 6.07) is 9.65. The molecule has 0 saturated carbocycles. The molecule has 18 heavy (non-hydrogen) atoms. The Labute approximate surface area is 106 Å². The van der Waals surface area contributed by atoms with Crippen LogP contribution in [0.25, 0.3) is 0 Å². The third kappa shape index (κ3) is 5.79. The zero-order valence-corrected chi connectivity index (χ0v) is 10.0. The number of hydrogen-bond acceptors (Lipinski definition) is 3. The zero-order chi connectivity index (χ0) is 13.2. The number of aryl methyl sites for hydroxylation is 1. The Bertz CT molecular complexity index is 404. The molecule has 2 N–H and O–H groups in total. The molecule has 96 valence electrons. The van der Waals surface area contributed by atoms with Gasteiger partial charge < -0.3 is 15.4 Å². The monoisotopic (exact) mass is 248 g/mol. The molecule has 0 aromatic heterocycles. The SMILES string of the molecule is O=CCNC(=O)CNC(=O)CCc1ccccc1. The summed E-state index contributed by atoms with van der Waals surface area (Å²) < 4.78 is 0. The molecule has 0 spiro atoms. The number of carbonyl (C=O) groups is 3. The van der Waals surface area contributed by atoms with Gasteiger partial charge in [0.1, 0.15) is 6.29 Å². The summed E-state index contributed by atoms with van der Waals surface area (Å²) >= 11 is 0. The van der Waals surface area contributed by atoms with E-state index in [-0.39, 0.29) is 24.9 Å². The topological polar surface area (TPSA) is 75.3 Å². The molecule has 0 aliphatic heterocycles. The lowest BCUT2D eigenvalue weighted by atomic mass is 10.1. The average molecular weight is 248 g/mol. The van der Waals surface area contributed by atoms with Gasteiger partial charge in [-0.15, -0.1) is 0 Å². The second kappa shape index (κ2) is 8.00. The van der Waals surface area contributed by atoms with Gasteiger partial charge in [-0.2, -0.15) is 0 Å². The van der Waals surface area contributed by atoms with Gasteiger partial charge in [-0.05, 0) is 12.0 Å². The van der Waals surface area contributed by atoms with E-state index in [1.807, 2.05) is 30.3 Å². The first-order valence-corrected chi connectivity index (χ1v) is 5.73. The summed E-state index contributed by atoms with van der Waals surface area (Å²) in [5, 5.41) is 4.83. The van der Waals surface area contributed by atoms with Crippen molar-refractivity contribution in [3.8, 4) is 0 Å². The number of nitrogens with one attached hydrogen (secondary N) is 2. The van der Waals surface area contributed by atoms with E-state index in [1.165, 1.54) is 0 Å². The largest absolute Gasteiger partial charge is 0.348 e. The molecule has 0 bridgehead atoms. The quantitative estimate of drug-likeness (QED) is 0.669. The molecule has 1 rings (SSSR count). The first-order valence-electron chi connectivity index (χ1n) is 5.73. The van der Waals surface area contributed by atoms with Crippen LogP contribution in [0.3, 0.4) is 0 Å². The van der Waals surface area contributed by atoms with Gasteiger partial charge in [-0.25, -0.2) is 0 Å². The maximum absolute atomic E-state index is 11.4. The molecule has 2 amide bonds. The lowest BCUT2D eigenvalue weighted by Gasteiger charge is -2.05. The summed E-state index contributed by atoms with van der Waals surface area (Å²) in [6.07, 6.45) is 1.57. The Morgan fingerprint density at radius 1 is 1.06 bits per heavy atom. The van der Waals surface area contributed by atoms with Gasteiger partial charge in [0.15, 0.2) is 0 Å². The minimum Gasteiger partial charge on any atom is -0.348 e. The first kappa shape index (κ1) is 13.9. The summed E-state index contributed by atoms with van der Waals surface area (Å²) in [6.45, 7) is -0.125. The van der Waals surface area contributed by atoms with Gasteiger partial charge in [-0.1, -0.05) is 30.3 Å². The van der Waals surface area contributed by atoms with Crippen LogP contribution in [0.5, 0.6) is 0 Å². The fourth-order valence-electron chi connectivity index (χ4n) is 1.39. The fourth-order valence-corrected chi connectivity index (χ4v) is 1.39. The summed E-state index contributed by atoms with van der Waals surface area (Å²) in [4.78, 5) is 32.5. The van der Waals surface area contributed by atoms with Gasteiger partial charge in [-0.3, -0.25) is 9.59 Å². The molecule has 1 aromatic carbocycles. The first-order chi connectivity index (χ1) is 8.72. The van der Waals surface area contributed by atoms with Crippen LogP contribution in [0.2, 0.25) is 0 Å². The normalized spacial score (nSPS) is 9.56. The molecule has 1 aromatic rings. The molecule has 0 saturated heterocycles. The molecule has 0 heterocycles. The van der Waals surface area contributed by atoms with Crippen molar-refractivity contribution in [2.24, 2.45) is 0 Å². The Hall–Kier alpha value is -2.17. The highest BCUT2D eigenvalue weighted by molar-refractivity contribution is 5.85. The molecule has 5 heteroatoms. The number of aldehydes is 1. The van der Waals surface area contributed by atoms with Gasteiger partial charge in [0.25, 0.3) is 0 Å². The van der Waals surface area contributed by atoms with Crippen molar-refractivity contribution in [3.63, 3.8) is 0 Å². The van der Waals surface area contributed by atoms with E-state index in [9.17, 15) is 14.4 Å². The molecule has 5 nitrogen and oxygen atoms in total. The van der Waals surface area contributed by atoms with E-state index in [0.29, 0.717) is 19.1 Å². The lowest BCUT2D eigenvalue weighted by molar-refractivity contribution is -0.126. The van der Waals surface area contributed by atoms with Gasteiger partial charge >= 0.3 is 0 Å². The Balaban J connectivity index is 2.18. The number of benzene rings is 1. The third-order valence-corrected chi connectivity index (χ3v) is 2.31. The van der Waals surface area contributed by atoms with Crippen LogP contribution in [0.4, 0.5) is 0 Å². The van der Waals surface area contributed by atoms with Crippen LogP contribution < -0.4 is 10.6 Å². The zero-order valence-electron chi connectivity index (χ0n) is 10.0. The Kier molecular flexibility index (Phi) is 6.17. The molecule has 0 fully saturated rings. The number of rotatable bonds is 7. The van der Waals surface area contributed by atoms with Crippen molar-refractivity contribution >= 4 is 18.1 Å². The minimum atomic E-state index is -0.366. The predicted molar refractivity (Wildman–Crippen MR) is 66.8 cm³/mol. The van der Waals surface area contributed by atoms with E-state index >= 15 is 0 Å². The predicted octanol–water partition coefficient (Wildman–Crippen LogP) is 0.0505. The highest BCUT2D eigenvalue weighted by Crippen LogP contribution is 2.01. The van der Waals surface area contributed by atoms with E-state index < -0.39 is 0 Å². The number of hydrogen-bond donors (Lipinski definition) is 2. The van der Waals surface area contributed by atoms with Crippen LogP contribution in [-0.2, 0) is 20.8 Å². The Morgan fingerprint density at radius 2 is 1.78 bits per heavy atom. The highest BCUT2D eigenvalue weighted by atomic mass is 16.2. The van der Waals surface area contributed by atoms with Crippen molar-refractivity contribution in [2.75, 3.05) is 13.1 Å². The second-order valence-corrected chi connectivity index (χ2v) is 3.73. The summed E-state index contributed by atoms with van der Waals surface area (Å²) in [5.74, 6) is -0.546. The lowest BCUT2D eigenvalue weighted by Crippen LogP contribution is -2.37. The van der Waals surface area contributed by atoms with E-state index in [4.69, 9.17) is 0 Å². The maximum atomic E-state index is 11.4. The van der Waals surface area contributed by atoms with Crippen LogP contribution in [0, 0.1) is 0 Å². The molecular weight excluding hydrogens is 232 g/mol. The molecule has 0 atom stereocenters. The smallest absolute Gasteiger partial charge is 0.239 e. The second-order valence-electron chi connectivity index (χ2n) is 3.73. The van der Waals surface area contributed by atoms with Crippen LogP contribution in [0.1, 0.15) is 12.0 Å². The van der Waals surface area contributed by atoms with Crippen molar-refractivity contribution in [1.29, 1.82) is 0 Å². The van der Waals surface area contributed by atoms with Crippen molar-refractivity contribution in [2.45, 2.75) is 12.8 Å². The van der Waals surface area contributed by atoms with Crippen LogP contribution >= 0.6 is 0 Å². The minimum absolute atomic E-state index is 0.0290. The molecule has 0 aliphatic rings. The van der Waals surface area contributed by atoms with Crippen molar-refractivity contribution in [1.82, 2.24) is 10.6 Å². The van der Waals surface area contributed by atoms with Crippen molar-refractivity contribution < 1.29 is 14.4 Å². The molecule has 0 radical (unpaired) electrons. The third-order valence-electron chi connectivity index (χ3n) is 2.31. The number of carbonyl (C=O) groups excluding carboxylic acids is 3. The van der Waals surface area contributed by atoms with E-state index in [2.05, 4.69) is 10.6 Å². The standard InChI is InChI=1S/C13H16N2O3/c16-9-8-14-13(18)10-15-12(17)7-6-11-4-2-1-3-5-11/h1-5,9H,6-8,10H2,(H,14,18)(H,15,17). The average Bonchev–Trinajstić information content (AvgIpc) is 2.41. The summed E-state index contributed by atoms with van der Waals surface area (Å²) in [7, 11) is 0. The fraction of sp³-hybridized carbons (Fsp3) is 0.308. The summed E-state index contributed by atoms with van der Waals surface area (Å²) in [5.41, 5.74) is 1.08. The number of amides is 2. The van der Waals surface area contributed by atoms with Crippen LogP contribution in [0.15, 0.2) is 30.3 Å². The van der Waals surface area contributed by atoms with E-state index in [0.717, 1.165) is 5.56 Å². The maximum Gasteiger partial charge on any atom is 0.239 e. The molecular formula is C13H16N2O3. The van der Waals surface area contributed by atoms with Gasteiger partial charge in [0.05, 0.1) is 13.1 Å². The van der Waals surface area contributed by atoms with Crippen LogP contribution in [-0.4, -0.2) is 31.2 Å². The van der Waals surface area contributed by atoms with Gasteiger partial charge in [0.2, 0.25) is 11.8 Å².